The Kier molecular flexibility index (Phi) is 7.33. The van der Waals surface area contributed by atoms with E-state index in [1.165, 1.54) is 12.1 Å². The van der Waals surface area contributed by atoms with Gasteiger partial charge in [-0.1, -0.05) is 25.5 Å². The van der Waals surface area contributed by atoms with Gasteiger partial charge < -0.3 is 20.4 Å². The number of thiophene rings is 1. The molecule has 0 bridgehead atoms. The summed E-state index contributed by atoms with van der Waals surface area (Å²) in [6.45, 7) is 4.71. The number of nitrogens with one attached hydrogen (secondary N) is 2. The number of urea groups is 1. The number of aromatic nitrogens is 2. The zero-order valence-corrected chi connectivity index (χ0v) is 19.3. The van der Waals surface area contributed by atoms with Gasteiger partial charge in [-0.05, 0) is 35.6 Å². The van der Waals surface area contributed by atoms with Gasteiger partial charge >= 0.3 is 6.03 Å². The van der Waals surface area contributed by atoms with Crippen LogP contribution in [-0.4, -0.2) is 59.0 Å². The summed E-state index contributed by atoms with van der Waals surface area (Å²) in [5, 5.41) is 8.59. The lowest BCUT2D eigenvalue weighted by molar-refractivity contribution is -0.133. The summed E-state index contributed by atoms with van der Waals surface area (Å²) in [5.41, 5.74) is 0.783. The number of carbonyl (C=O) groups is 2. The van der Waals surface area contributed by atoms with Crippen molar-refractivity contribution in [1.29, 1.82) is 0 Å². The summed E-state index contributed by atoms with van der Waals surface area (Å²) in [6, 6.07) is 6.96. The van der Waals surface area contributed by atoms with Gasteiger partial charge in [0, 0.05) is 32.7 Å². The molecule has 1 atom stereocenters. The molecule has 3 aromatic rings. The van der Waals surface area contributed by atoms with Crippen LogP contribution in [0.15, 0.2) is 42.0 Å². The average molecular weight is 471 g/mol. The molecule has 0 aliphatic carbocycles. The van der Waals surface area contributed by atoms with E-state index in [4.69, 9.17) is 0 Å². The topological polar surface area (TPSA) is 90.5 Å². The van der Waals surface area contributed by atoms with Crippen LogP contribution in [0.5, 0.6) is 0 Å². The van der Waals surface area contributed by atoms with E-state index in [0.717, 1.165) is 28.0 Å². The van der Waals surface area contributed by atoms with Crippen LogP contribution >= 0.6 is 11.3 Å². The molecule has 3 amide bonds. The number of amides is 3. The molecule has 3 heterocycles. The molecule has 10 heteroatoms. The minimum atomic E-state index is -0.586. The van der Waals surface area contributed by atoms with Crippen LogP contribution in [0.3, 0.4) is 0 Å². The average Bonchev–Trinajstić information content (AvgIpc) is 3.32. The second kappa shape index (κ2) is 10.6. The lowest BCUT2D eigenvalue weighted by Crippen LogP contribution is -2.56. The maximum absolute atomic E-state index is 13.1. The summed E-state index contributed by atoms with van der Waals surface area (Å²) in [5.74, 6) is 0.505. The minimum Gasteiger partial charge on any atom is -0.352 e. The van der Waals surface area contributed by atoms with Crippen molar-refractivity contribution < 1.29 is 14.0 Å². The van der Waals surface area contributed by atoms with Crippen LogP contribution in [0.25, 0.3) is 10.2 Å². The highest BCUT2D eigenvalue weighted by Gasteiger charge is 2.29. The number of fused-ring (bicyclic) bond motifs is 1. The Hall–Kier alpha value is -3.27. The first-order valence-corrected chi connectivity index (χ1v) is 11.9. The standard InChI is InChI=1S/C23H27FN6O2S/c1-2-3-19(28-23(32)25-14-16-4-6-17(24)7-5-16)22(31)30-11-9-29(10-12-30)20-18-8-13-33-21(18)27-15-26-20/h4-8,13,15,19H,2-3,9-12,14H2,1H3,(H2,25,28,32). The van der Waals surface area contributed by atoms with Gasteiger partial charge in [0.25, 0.3) is 0 Å². The van der Waals surface area contributed by atoms with Crippen LogP contribution in [0.2, 0.25) is 0 Å². The van der Waals surface area contributed by atoms with Gasteiger partial charge in [0.15, 0.2) is 0 Å². The highest BCUT2D eigenvalue weighted by Crippen LogP contribution is 2.27. The fraction of sp³-hybridized carbons (Fsp3) is 0.391. The first-order chi connectivity index (χ1) is 16.0. The van der Waals surface area contributed by atoms with Gasteiger partial charge in [-0.2, -0.15) is 0 Å². The van der Waals surface area contributed by atoms with Crippen molar-refractivity contribution in [2.24, 2.45) is 0 Å². The highest BCUT2D eigenvalue weighted by atomic mass is 32.1. The molecule has 1 aliphatic rings. The molecular weight excluding hydrogens is 443 g/mol. The quantitative estimate of drug-likeness (QED) is 0.554. The number of rotatable bonds is 7. The van der Waals surface area contributed by atoms with Crippen molar-refractivity contribution in [3.8, 4) is 0 Å². The number of benzene rings is 1. The number of nitrogens with zero attached hydrogens (tertiary/aromatic N) is 4. The molecule has 174 valence electrons. The molecule has 33 heavy (non-hydrogen) atoms. The fourth-order valence-electron chi connectivity index (χ4n) is 3.93. The molecule has 1 aromatic carbocycles. The lowest BCUT2D eigenvalue weighted by Gasteiger charge is -2.37. The Balaban J connectivity index is 1.32. The zero-order chi connectivity index (χ0) is 23.2. The Morgan fingerprint density at radius 3 is 2.61 bits per heavy atom. The molecule has 4 rings (SSSR count). The number of hydrogen-bond donors (Lipinski definition) is 2. The maximum atomic E-state index is 13.1. The molecule has 1 aliphatic heterocycles. The first-order valence-electron chi connectivity index (χ1n) is 11.1. The van der Waals surface area contributed by atoms with Crippen molar-refractivity contribution in [3.63, 3.8) is 0 Å². The Bertz CT molecular complexity index is 1100. The van der Waals surface area contributed by atoms with E-state index in [2.05, 4.69) is 25.5 Å². The molecule has 1 fully saturated rings. The maximum Gasteiger partial charge on any atom is 0.315 e. The van der Waals surface area contributed by atoms with E-state index in [1.54, 1.807) is 29.8 Å². The second-order valence-electron chi connectivity index (χ2n) is 7.94. The van der Waals surface area contributed by atoms with Crippen LogP contribution in [0.4, 0.5) is 15.0 Å². The molecule has 0 spiro atoms. The minimum absolute atomic E-state index is 0.0724. The number of hydrogen-bond acceptors (Lipinski definition) is 6. The van der Waals surface area contributed by atoms with Crippen molar-refractivity contribution in [2.75, 3.05) is 31.1 Å². The summed E-state index contributed by atoms with van der Waals surface area (Å²) < 4.78 is 13.0. The predicted molar refractivity (Wildman–Crippen MR) is 127 cm³/mol. The normalized spacial score (nSPS) is 14.8. The van der Waals surface area contributed by atoms with Gasteiger partial charge in [-0.3, -0.25) is 4.79 Å². The van der Waals surface area contributed by atoms with E-state index in [1.807, 2.05) is 23.3 Å². The molecule has 2 aromatic heterocycles. The summed E-state index contributed by atoms with van der Waals surface area (Å²) in [6.07, 6.45) is 2.91. The van der Waals surface area contributed by atoms with Crippen molar-refractivity contribution in [3.05, 3.63) is 53.4 Å². The van der Waals surface area contributed by atoms with Crippen LogP contribution < -0.4 is 15.5 Å². The third-order valence-corrected chi connectivity index (χ3v) is 6.50. The number of anilines is 1. The molecular formula is C23H27FN6O2S. The van der Waals surface area contributed by atoms with Gasteiger partial charge in [-0.15, -0.1) is 11.3 Å². The summed E-state index contributed by atoms with van der Waals surface area (Å²) >= 11 is 1.58. The van der Waals surface area contributed by atoms with Crippen LogP contribution in [0, 0.1) is 5.82 Å². The number of halogens is 1. The second-order valence-corrected chi connectivity index (χ2v) is 8.84. The molecule has 0 radical (unpaired) electrons. The largest absolute Gasteiger partial charge is 0.352 e. The smallest absolute Gasteiger partial charge is 0.315 e. The van der Waals surface area contributed by atoms with E-state index in [9.17, 15) is 14.0 Å². The molecule has 1 unspecified atom stereocenters. The highest BCUT2D eigenvalue weighted by molar-refractivity contribution is 7.16. The summed E-state index contributed by atoms with van der Waals surface area (Å²) in [4.78, 5) is 39.3. The molecule has 1 saturated heterocycles. The Morgan fingerprint density at radius 1 is 1.12 bits per heavy atom. The Labute approximate surface area is 195 Å². The molecule has 8 nitrogen and oxygen atoms in total. The predicted octanol–water partition coefficient (Wildman–Crippen LogP) is 3.15. The van der Waals surface area contributed by atoms with E-state index in [-0.39, 0.29) is 18.3 Å². The van der Waals surface area contributed by atoms with Crippen LogP contribution in [-0.2, 0) is 11.3 Å². The zero-order valence-electron chi connectivity index (χ0n) is 18.5. The summed E-state index contributed by atoms with van der Waals surface area (Å²) in [7, 11) is 0. The SMILES string of the molecule is CCCC(NC(=O)NCc1ccc(F)cc1)C(=O)N1CCN(c2ncnc3sccc23)CC1. The van der Waals surface area contributed by atoms with Gasteiger partial charge in [0.2, 0.25) is 5.91 Å². The van der Waals surface area contributed by atoms with Gasteiger partial charge in [0.1, 0.15) is 28.8 Å². The van der Waals surface area contributed by atoms with Crippen LogP contribution in [0.1, 0.15) is 25.3 Å². The van der Waals surface area contributed by atoms with Crippen molar-refractivity contribution in [2.45, 2.75) is 32.4 Å². The fourth-order valence-corrected chi connectivity index (χ4v) is 4.66. The van der Waals surface area contributed by atoms with E-state index >= 15 is 0 Å². The van der Waals surface area contributed by atoms with Crippen molar-refractivity contribution >= 4 is 39.3 Å². The Morgan fingerprint density at radius 2 is 1.88 bits per heavy atom. The van der Waals surface area contributed by atoms with E-state index < -0.39 is 12.1 Å². The van der Waals surface area contributed by atoms with Gasteiger partial charge in [0.05, 0.1) is 5.39 Å². The first kappa shape index (κ1) is 22.9. The number of carbonyl (C=O) groups excluding carboxylic acids is 2. The third kappa shape index (κ3) is 5.57. The monoisotopic (exact) mass is 470 g/mol. The third-order valence-electron chi connectivity index (χ3n) is 5.68. The molecule has 2 N–H and O–H groups in total. The van der Waals surface area contributed by atoms with Gasteiger partial charge in [-0.25, -0.2) is 19.2 Å². The lowest BCUT2D eigenvalue weighted by atomic mass is 10.1. The molecule has 0 saturated carbocycles. The van der Waals surface area contributed by atoms with E-state index in [0.29, 0.717) is 32.6 Å². The van der Waals surface area contributed by atoms with Crippen molar-refractivity contribution in [1.82, 2.24) is 25.5 Å². The number of piperazine rings is 1.